The van der Waals surface area contributed by atoms with Gasteiger partial charge in [-0.25, -0.2) is 0 Å². The summed E-state index contributed by atoms with van der Waals surface area (Å²) < 4.78 is 6.07. The molecule has 0 atom stereocenters. The molecule has 0 aliphatic rings. The van der Waals surface area contributed by atoms with Crippen LogP contribution in [-0.2, 0) is 0 Å². The highest BCUT2D eigenvalue weighted by molar-refractivity contribution is 7.71. The predicted octanol–water partition coefficient (Wildman–Crippen LogP) is 3.34. The maximum atomic E-state index is 5.29. The van der Waals surface area contributed by atoms with Gasteiger partial charge in [0.2, 0.25) is 0 Å². The van der Waals surface area contributed by atoms with Crippen molar-refractivity contribution in [3.05, 3.63) is 47.5 Å². The second-order valence-corrected chi connectivity index (χ2v) is 2.99. The van der Waals surface area contributed by atoms with Gasteiger partial charge in [0.1, 0.15) is 5.58 Å². The first kappa shape index (κ1) is 7.50. The zero-order valence-electron chi connectivity index (χ0n) is 6.41. The number of fused-ring (bicyclic) bond motifs is 1. The number of hydrogen-bond acceptors (Lipinski definition) is 2. The molecule has 12 heavy (non-hydrogen) atoms. The molecule has 1 aromatic heterocycles. The van der Waals surface area contributed by atoms with Crippen LogP contribution in [0.15, 0.2) is 34.9 Å². The van der Waals surface area contributed by atoms with Gasteiger partial charge in [-0.05, 0) is 19.1 Å². The van der Waals surface area contributed by atoms with Gasteiger partial charge in [0, 0.05) is 10.9 Å². The van der Waals surface area contributed by atoms with E-state index in [0.717, 1.165) is 21.0 Å². The first-order chi connectivity index (χ1) is 5.79. The lowest BCUT2D eigenvalue weighted by Crippen LogP contribution is -1.77. The molecule has 1 nitrogen and oxygen atoms in total. The van der Waals surface area contributed by atoms with Crippen LogP contribution in [0.3, 0.4) is 0 Å². The average Bonchev–Trinajstić information content (AvgIpc) is 2.12. The first-order valence-corrected chi connectivity index (χ1v) is 4.02. The van der Waals surface area contributed by atoms with Crippen molar-refractivity contribution < 1.29 is 4.42 Å². The van der Waals surface area contributed by atoms with E-state index in [2.05, 4.69) is 6.92 Å². The van der Waals surface area contributed by atoms with Gasteiger partial charge < -0.3 is 4.42 Å². The highest BCUT2D eigenvalue weighted by Crippen LogP contribution is 2.17. The fraction of sp³-hybridized carbons (Fsp3) is 0. The van der Waals surface area contributed by atoms with Crippen molar-refractivity contribution in [2.75, 3.05) is 0 Å². The normalized spacial score (nSPS) is 10.4. The Morgan fingerprint density at radius 1 is 1.25 bits per heavy atom. The number of benzene rings is 1. The van der Waals surface area contributed by atoms with Crippen molar-refractivity contribution in [2.45, 2.75) is 0 Å². The second kappa shape index (κ2) is 2.72. The number of rotatable bonds is 0. The minimum atomic E-state index is 0.767. The molecule has 0 bridgehead atoms. The Morgan fingerprint density at radius 3 is 2.83 bits per heavy atom. The molecule has 59 valence electrons. The third kappa shape index (κ3) is 1.04. The van der Waals surface area contributed by atoms with E-state index in [9.17, 15) is 0 Å². The first-order valence-electron chi connectivity index (χ1n) is 3.61. The molecule has 2 heteroatoms. The lowest BCUT2D eigenvalue weighted by atomic mass is 10.2. The summed E-state index contributed by atoms with van der Waals surface area (Å²) in [5, 5.41) is 0.958. The molecule has 2 aromatic rings. The van der Waals surface area contributed by atoms with Crippen molar-refractivity contribution in [2.24, 2.45) is 0 Å². The van der Waals surface area contributed by atoms with Crippen molar-refractivity contribution in [1.29, 1.82) is 0 Å². The van der Waals surface area contributed by atoms with Gasteiger partial charge in [0.15, 0.2) is 0 Å². The third-order valence-electron chi connectivity index (χ3n) is 1.75. The maximum Gasteiger partial charge on any atom is 0.135 e. The molecule has 0 spiro atoms. The molecule has 0 amide bonds. The molecular formula is C10H7OS. The van der Waals surface area contributed by atoms with E-state index < -0.39 is 0 Å². The molecule has 0 aliphatic heterocycles. The second-order valence-electron chi connectivity index (χ2n) is 2.59. The minimum Gasteiger partial charge on any atom is -0.464 e. The van der Waals surface area contributed by atoms with Crippen LogP contribution in [0.5, 0.6) is 0 Å². The molecule has 1 heterocycles. The van der Waals surface area contributed by atoms with Gasteiger partial charge in [-0.3, -0.25) is 0 Å². The molecular weight excluding hydrogens is 168 g/mol. The summed E-state index contributed by atoms with van der Waals surface area (Å²) in [5.74, 6) is 0. The summed E-state index contributed by atoms with van der Waals surface area (Å²) in [6.07, 6.45) is 1.59. The molecule has 0 saturated carbocycles. The van der Waals surface area contributed by atoms with Gasteiger partial charge in [-0.1, -0.05) is 24.4 Å². The van der Waals surface area contributed by atoms with Crippen LogP contribution in [0.25, 0.3) is 11.0 Å². The summed E-state index contributed by atoms with van der Waals surface area (Å²) in [4.78, 5) is 0. The zero-order chi connectivity index (χ0) is 8.55. The Morgan fingerprint density at radius 2 is 2.00 bits per heavy atom. The number of hydrogen-bond donors (Lipinski definition) is 0. The molecule has 0 fully saturated rings. The van der Waals surface area contributed by atoms with Crippen LogP contribution in [0.1, 0.15) is 5.56 Å². The Hall–Kier alpha value is -1.15. The van der Waals surface area contributed by atoms with E-state index in [4.69, 9.17) is 16.6 Å². The van der Waals surface area contributed by atoms with Crippen molar-refractivity contribution >= 4 is 23.2 Å². The van der Waals surface area contributed by atoms with Crippen LogP contribution in [0.4, 0.5) is 0 Å². The van der Waals surface area contributed by atoms with Gasteiger partial charge in [-0.15, -0.1) is 0 Å². The van der Waals surface area contributed by atoms with Crippen molar-refractivity contribution in [1.82, 2.24) is 0 Å². The fourth-order valence-electron chi connectivity index (χ4n) is 1.12. The molecule has 0 unspecified atom stereocenters. The van der Waals surface area contributed by atoms with Crippen LogP contribution in [0.2, 0.25) is 0 Å². The fourth-order valence-corrected chi connectivity index (χ4v) is 1.33. The molecule has 2 rings (SSSR count). The number of para-hydroxylation sites is 1. The minimum absolute atomic E-state index is 0.767. The standard InChI is InChI=1S/C10H7OS/c1-7-6-11-9-5-3-2-4-8(9)10(7)12/h2-6H,1H2. The smallest absolute Gasteiger partial charge is 0.135 e. The van der Waals surface area contributed by atoms with Gasteiger partial charge in [-0.2, -0.15) is 0 Å². The van der Waals surface area contributed by atoms with Crippen LogP contribution in [0, 0.1) is 11.4 Å². The quantitative estimate of drug-likeness (QED) is 0.569. The summed E-state index contributed by atoms with van der Waals surface area (Å²) in [5.41, 5.74) is 1.58. The van der Waals surface area contributed by atoms with E-state index in [-0.39, 0.29) is 0 Å². The summed E-state index contributed by atoms with van der Waals surface area (Å²) in [7, 11) is 0. The van der Waals surface area contributed by atoms with E-state index >= 15 is 0 Å². The van der Waals surface area contributed by atoms with Crippen molar-refractivity contribution in [3.8, 4) is 0 Å². The van der Waals surface area contributed by atoms with E-state index in [0.29, 0.717) is 0 Å². The Balaban J connectivity index is 3.01. The van der Waals surface area contributed by atoms with E-state index in [1.807, 2.05) is 24.3 Å². The molecule has 0 aliphatic carbocycles. The molecule has 0 saturated heterocycles. The maximum absolute atomic E-state index is 5.29. The van der Waals surface area contributed by atoms with Crippen LogP contribution in [-0.4, -0.2) is 0 Å². The van der Waals surface area contributed by atoms with Crippen LogP contribution < -0.4 is 0 Å². The van der Waals surface area contributed by atoms with E-state index in [1.165, 1.54) is 0 Å². The Labute approximate surface area is 75.6 Å². The highest BCUT2D eigenvalue weighted by Gasteiger charge is 1.97. The molecule has 0 N–H and O–H groups in total. The molecule has 1 aromatic carbocycles. The Kier molecular flexibility index (Phi) is 1.70. The van der Waals surface area contributed by atoms with Gasteiger partial charge in [0.05, 0.1) is 10.8 Å². The zero-order valence-corrected chi connectivity index (χ0v) is 7.23. The summed E-state index contributed by atoms with van der Waals surface area (Å²) in [6.45, 7) is 3.77. The van der Waals surface area contributed by atoms with Gasteiger partial charge >= 0.3 is 0 Å². The lowest BCUT2D eigenvalue weighted by molar-refractivity contribution is 0.600. The van der Waals surface area contributed by atoms with E-state index in [1.54, 1.807) is 6.26 Å². The average molecular weight is 175 g/mol. The van der Waals surface area contributed by atoms with Crippen LogP contribution >= 0.6 is 12.2 Å². The van der Waals surface area contributed by atoms with Gasteiger partial charge in [0.25, 0.3) is 0 Å². The molecule has 1 radical (unpaired) electrons. The predicted molar refractivity (Wildman–Crippen MR) is 51.5 cm³/mol. The Bertz CT molecular complexity index is 470. The largest absolute Gasteiger partial charge is 0.464 e. The SMILES string of the molecule is [CH2]c1coc2ccccc2c1=S. The highest BCUT2D eigenvalue weighted by atomic mass is 32.1. The summed E-state index contributed by atoms with van der Waals surface area (Å²) in [6, 6.07) is 7.69. The van der Waals surface area contributed by atoms with Crippen molar-refractivity contribution in [3.63, 3.8) is 0 Å². The topological polar surface area (TPSA) is 13.1 Å². The monoisotopic (exact) mass is 175 g/mol. The lowest BCUT2D eigenvalue weighted by Gasteiger charge is -1.97. The third-order valence-corrected chi connectivity index (χ3v) is 2.23. The summed E-state index contributed by atoms with van der Waals surface area (Å²) >= 11 is 5.17.